The van der Waals surface area contributed by atoms with Crippen molar-refractivity contribution >= 4 is 11.8 Å². The van der Waals surface area contributed by atoms with Crippen LogP contribution in [0.25, 0.3) is 0 Å². The van der Waals surface area contributed by atoms with Crippen molar-refractivity contribution in [1.82, 2.24) is 14.7 Å². The van der Waals surface area contributed by atoms with Crippen LogP contribution in [0, 0.1) is 0 Å². The molecule has 0 atom stereocenters. The zero-order valence-corrected chi connectivity index (χ0v) is 14.6. The normalized spacial score (nSPS) is 14.7. The van der Waals surface area contributed by atoms with Gasteiger partial charge in [0.25, 0.3) is 0 Å². The smallest absolute Gasteiger partial charge is 0.240 e. The predicted molar refractivity (Wildman–Crippen MR) is 89.4 cm³/mol. The Bertz CT molecular complexity index is 403. The molecule has 126 valence electrons. The quantitative estimate of drug-likeness (QED) is 0.689. The molecule has 0 aromatic heterocycles. The molecule has 1 aliphatic rings. The Morgan fingerprint density at radius 2 is 1.64 bits per heavy atom. The van der Waals surface area contributed by atoms with Gasteiger partial charge in [-0.25, -0.2) is 0 Å². The Labute approximate surface area is 134 Å². The SMILES string of the molecule is CCN(CC)C(=O)CN(C)CC(=O)N(CC)C1=CCCCC1. The van der Waals surface area contributed by atoms with Crippen LogP contribution in [0.15, 0.2) is 11.8 Å². The third-order valence-electron chi connectivity index (χ3n) is 4.16. The van der Waals surface area contributed by atoms with E-state index in [1.807, 2.05) is 37.6 Å². The van der Waals surface area contributed by atoms with Crippen LogP contribution in [0.1, 0.15) is 46.5 Å². The number of hydrogen-bond acceptors (Lipinski definition) is 3. The number of carbonyl (C=O) groups is 2. The van der Waals surface area contributed by atoms with Gasteiger partial charge in [0.05, 0.1) is 13.1 Å². The van der Waals surface area contributed by atoms with Crippen LogP contribution in [-0.4, -0.2) is 66.3 Å². The summed E-state index contributed by atoms with van der Waals surface area (Å²) in [4.78, 5) is 30.1. The molecule has 5 nitrogen and oxygen atoms in total. The van der Waals surface area contributed by atoms with Crippen molar-refractivity contribution < 1.29 is 9.59 Å². The zero-order chi connectivity index (χ0) is 16.5. The van der Waals surface area contributed by atoms with E-state index < -0.39 is 0 Å². The summed E-state index contributed by atoms with van der Waals surface area (Å²) in [5.41, 5.74) is 1.15. The summed E-state index contributed by atoms with van der Waals surface area (Å²) in [6, 6.07) is 0. The van der Waals surface area contributed by atoms with Gasteiger partial charge < -0.3 is 9.80 Å². The Kier molecular flexibility index (Phi) is 8.17. The van der Waals surface area contributed by atoms with Crippen LogP contribution >= 0.6 is 0 Å². The molecule has 5 heteroatoms. The first-order chi connectivity index (χ1) is 10.5. The molecule has 0 aromatic rings. The molecule has 0 N–H and O–H groups in total. The second kappa shape index (κ2) is 9.62. The summed E-state index contributed by atoms with van der Waals surface area (Å²) in [5, 5.41) is 0. The van der Waals surface area contributed by atoms with Crippen molar-refractivity contribution in [3.63, 3.8) is 0 Å². The van der Waals surface area contributed by atoms with Gasteiger partial charge >= 0.3 is 0 Å². The lowest BCUT2D eigenvalue weighted by atomic mass is 10.0. The fourth-order valence-electron chi connectivity index (χ4n) is 2.89. The minimum atomic E-state index is 0.0835. The average Bonchev–Trinajstić information content (AvgIpc) is 2.50. The van der Waals surface area contributed by atoms with Crippen LogP contribution in [0.2, 0.25) is 0 Å². The number of likely N-dealkylation sites (N-methyl/N-ethyl adjacent to an activating group) is 3. The average molecular weight is 309 g/mol. The number of amides is 2. The highest BCUT2D eigenvalue weighted by atomic mass is 16.2. The van der Waals surface area contributed by atoms with Crippen molar-refractivity contribution in [2.75, 3.05) is 39.8 Å². The maximum absolute atomic E-state index is 12.5. The number of rotatable bonds is 8. The van der Waals surface area contributed by atoms with Crippen molar-refractivity contribution in [2.45, 2.75) is 46.5 Å². The standard InChI is InChI=1S/C17H31N3O2/c1-5-19(6-2)16(21)13-18(4)14-17(22)20(7-3)15-11-9-8-10-12-15/h11H,5-10,12-14H2,1-4H3. The van der Waals surface area contributed by atoms with Gasteiger partial charge in [-0.15, -0.1) is 0 Å². The summed E-state index contributed by atoms with van der Waals surface area (Å²) < 4.78 is 0. The predicted octanol–water partition coefficient (Wildman–Crippen LogP) is 2.09. The molecular weight excluding hydrogens is 278 g/mol. The molecule has 0 saturated heterocycles. The highest BCUT2D eigenvalue weighted by molar-refractivity contribution is 5.82. The molecule has 0 saturated carbocycles. The highest BCUT2D eigenvalue weighted by Crippen LogP contribution is 2.20. The molecule has 0 fully saturated rings. The number of allylic oxidation sites excluding steroid dienone is 2. The van der Waals surface area contributed by atoms with E-state index >= 15 is 0 Å². The van der Waals surface area contributed by atoms with E-state index in [0.29, 0.717) is 26.2 Å². The van der Waals surface area contributed by atoms with Crippen molar-refractivity contribution in [3.05, 3.63) is 11.8 Å². The summed E-state index contributed by atoms with van der Waals surface area (Å²) in [6.07, 6.45) is 6.61. The molecule has 0 aliphatic heterocycles. The third kappa shape index (κ3) is 5.44. The van der Waals surface area contributed by atoms with Crippen LogP contribution in [-0.2, 0) is 9.59 Å². The van der Waals surface area contributed by atoms with Gasteiger partial charge in [0, 0.05) is 25.3 Å². The number of carbonyl (C=O) groups excluding carboxylic acids is 2. The van der Waals surface area contributed by atoms with Crippen molar-refractivity contribution in [3.8, 4) is 0 Å². The Hall–Kier alpha value is -1.36. The van der Waals surface area contributed by atoms with E-state index in [-0.39, 0.29) is 18.4 Å². The Morgan fingerprint density at radius 3 is 2.14 bits per heavy atom. The number of nitrogens with zero attached hydrogens (tertiary/aromatic N) is 3. The maximum Gasteiger partial charge on any atom is 0.240 e. The summed E-state index contributed by atoms with van der Waals surface area (Å²) in [5.74, 6) is 0.172. The molecule has 0 unspecified atom stereocenters. The van der Waals surface area contributed by atoms with Crippen LogP contribution < -0.4 is 0 Å². The van der Waals surface area contributed by atoms with E-state index in [0.717, 1.165) is 25.0 Å². The minimum Gasteiger partial charge on any atom is -0.342 e. The molecule has 0 spiro atoms. The van der Waals surface area contributed by atoms with Gasteiger partial charge in [0.15, 0.2) is 0 Å². The van der Waals surface area contributed by atoms with Gasteiger partial charge in [0.1, 0.15) is 0 Å². The first kappa shape index (κ1) is 18.7. The van der Waals surface area contributed by atoms with Gasteiger partial charge in [-0.2, -0.15) is 0 Å². The molecule has 1 aliphatic carbocycles. The molecule has 22 heavy (non-hydrogen) atoms. The molecule has 0 aromatic carbocycles. The van der Waals surface area contributed by atoms with E-state index in [4.69, 9.17) is 0 Å². The Balaban J connectivity index is 2.54. The largest absolute Gasteiger partial charge is 0.342 e. The summed E-state index contributed by atoms with van der Waals surface area (Å²) >= 11 is 0. The fourth-order valence-corrected chi connectivity index (χ4v) is 2.89. The third-order valence-corrected chi connectivity index (χ3v) is 4.16. The first-order valence-electron chi connectivity index (χ1n) is 8.49. The molecule has 0 radical (unpaired) electrons. The number of hydrogen-bond donors (Lipinski definition) is 0. The second-order valence-corrected chi connectivity index (χ2v) is 5.82. The lowest BCUT2D eigenvalue weighted by molar-refractivity contribution is -0.134. The topological polar surface area (TPSA) is 43.9 Å². The molecular formula is C17H31N3O2. The lowest BCUT2D eigenvalue weighted by Crippen LogP contribution is -2.43. The second-order valence-electron chi connectivity index (χ2n) is 5.82. The van der Waals surface area contributed by atoms with E-state index in [2.05, 4.69) is 6.08 Å². The van der Waals surface area contributed by atoms with Crippen molar-refractivity contribution in [2.24, 2.45) is 0 Å². The van der Waals surface area contributed by atoms with Crippen LogP contribution in [0.5, 0.6) is 0 Å². The molecule has 0 heterocycles. The summed E-state index contributed by atoms with van der Waals surface area (Å²) in [6.45, 7) is 8.66. The van der Waals surface area contributed by atoms with E-state index in [9.17, 15) is 9.59 Å². The first-order valence-corrected chi connectivity index (χ1v) is 8.49. The molecule has 2 amide bonds. The lowest BCUT2D eigenvalue weighted by Gasteiger charge is -2.29. The minimum absolute atomic E-state index is 0.0835. The Morgan fingerprint density at radius 1 is 1.00 bits per heavy atom. The van der Waals surface area contributed by atoms with E-state index in [1.165, 1.54) is 6.42 Å². The van der Waals surface area contributed by atoms with Crippen LogP contribution in [0.3, 0.4) is 0 Å². The molecule has 0 bridgehead atoms. The summed E-state index contributed by atoms with van der Waals surface area (Å²) in [7, 11) is 1.84. The van der Waals surface area contributed by atoms with Gasteiger partial charge in [-0.3, -0.25) is 14.5 Å². The van der Waals surface area contributed by atoms with Gasteiger partial charge in [0.2, 0.25) is 11.8 Å². The maximum atomic E-state index is 12.5. The highest BCUT2D eigenvalue weighted by Gasteiger charge is 2.20. The molecule has 1 rings (SSSR count). The van der Waals surface area contributed by atoms with E-state index in [1.54, 1.807) is 4.90 Å². The van der Waals surface area contributed by atoms with Crippen molar-refractivity contribution in [1.29, 1.82) is 0 Å². The zero-order valence-electron chi connectivity index (χ0n) is 14.6. The van der Waals surface area contributed by atoms with Gasteiger partial charge in [-0.05, 0) is 53.5 Å². The van der Waals surface area contributed by atoms with Crippen LogP contribution in [0.4, 0.5) is 0 Å². The monoisotopic (exact) mass is 309 g/mol. The van der Waals surface area contributed by atoms with Gasteiger partial charge in [-0.1, -0.05) is 6.08 Å². The fraction of sp³-hybridized carbons (Fsp3) is 0.765.